The van der Waals surface area contributed by atoms with Crippen LogP contribution in [-0.4, -0.2) is 23.0 Å². The van der Waals surface area contributed by atoms with Crippen molar-refractivity contribution in [3.63, 3.8) is 0 Å². The second kappa shape index (κ2) is 6.79. The van der Waals surface area contributed by atoms with Crippen LogP contribution in [0.25, 0.3) is 0 Å². The number of amides is 1. The number of hydrogen-bond acceptors (Lipinski definition) is 2. The van der Waals surface area contributed by atoms with Crippen molar-refractivity contribution in [1.29, 1.82) is 0 Å². The maximum atomic E-state index is 11.8. The lowest BCUT2D eigenvalue weighted by molar-refractivity contribution is -0.143. The quantitative estimate of drug-likeness (QED) is 0.808. The van der Waals surface area contributed by atoms with E-state index in [1.165, 1.54) is 0 Å². The summed E-state index contributed by atoms with van der Waals surface area (Å²) in [4.78, 5) is 22.8. The molecular formula is C14H19NO3. The Morgan fingerprint density at radius 1 is 1.28 bits per heavy atom. The maximum absolute atomic E-state index is 11.8. The largest absolute Gasteiger partial charge is 0.480 e. The molecule has 0 heterocycles. The van der Waals surface area contributed by atoms with Gasteiger partial charge in [-0.1, -0.05) is 50.6 Å². The van der Waals surface area contributed by atoms with Crippen LogP contribution in [0.4, 0.5) is 0 Å². The maximum Gasteiger partial charge on any atom is 0.326 e. The number of carboxylic acids is 1. The van der Waals surface area contributed by atoms with Crippen molar-refractivity contribution in [1.82, 2.24) is 5.32 Å². The smallest absolute Gasteiger partial charge is 0.326 e. The summed E-state index contributed by atoms with van der Waals surface area (Å²) in [5, 5.41) is 11.7. The Hall–Kier alpha value is -1.84. The van der Waals surface area contributed by atoms with Crippen LogP contribution in [0.5, 0.6) is 0 Å². The van der Waals surface area contributed by atoms with E-state index in [0.29, 0.717) is 6.42 Å². The zero-order chi connectivity index (χ0) is 13.5. The molecule has 0 saturated carbocycles. The van der Waals surface area contributed by atoms with Gasteiger partial charge in [-0.05, 0) is 11.5 Å². The standard InChI is InChI=1S/C14H19NO3/c1-3-10(2)13(14(17)18)15-12(16)9-11-7-5-4-6-8-11/h4-8,10,13H,3,9H2,1-2H3,(H,15,16)(H,17,18)/t10-,13-/m0/s1. The van der Waals surface area contributed by atoms with E-state index in [4.69, 9.17) is 5.11 Å². The van der Waals surface area contributed by atoms with Crippen LogP contribution < -0.4 is 5.32 Å². The molecule has 0 radical (unpaired) electrons. The Morgan fingerprint density at radius 3 is 2.39 bits per heavy atom. The molecule has 1 aromatic carbocycles. The average molecular weight is 249 g/mol. The number of hydrogen-bond donors (Lipinski definition) is 2. The van der Waals surface area contributed by atoms with Crippen molar-refractivity contribution < 1.29 is 14.7 Å². The Kier molecular flexibility index (Phi) is 5.36. The zero-order valence-electron chi connectivity index (χ0n) is 10.7. The van der Waals surface area contributed by atoms with Crippen LogP contribution >= 0.6 is 0 Å². The van der Waals surface area contributed by atoms with E-state index >= 15 is 0 Å². The predicted octanol–water partition coefficient (Wildman–Crippen LogP) is 1.84. The van der Waals surface area contributed by atoms with Crippen LogP contribution in [-0.2, 0) is 16.0 Å². The molecule has 0 spiro atoms. The first kappa shape index (κ1) is 14.2. The average Bonchev–Trinajstić information content (AvgIpc) is 2.36. The van der Waals surface area contributed by atoms with E-state index in [-0.39, 0.29) is 18.2 Å². The molecule has 98 valence electrons. The van der Waals surface area contributed by atoms with Crippen LogP contribution in [0.2, 0.25) is 0 Å². The van der Waals surface area contributed by atoms with Gasteiger partial charge in [0.15, 0.2) is 0 Å². The molecule has 0 fully saturated rings. The van der Waals surface area contributed by atoms with Gasteiger partial charge in [0, 0.05) is 0 Å². The number of carboxylic acid groups (broad SMARTS) is 1. The van der Waals surface area contributed by atoms with Gasteiger partial charge in [-0.2, -0.15) is 0 Å². The lowest BCUT2D eigenvalue weighted by atomic mass is 9.99. The number of benzene rings is 1. The molecule has 1 rings (SSSR count). The van der Waals surface area contributed by atoms with E-state index < -0.39 is 12.0 Å². The highest BCUT2D eigenvalue weighted by Gasteiger charge is 2.24. The van der Waals surface area contributed by atoms with Crippen molar-refractivity contribution in [3.05, 3.63) is 35.9 Å². The van der Waals surface area contributed by atoms with Gasteiger partial charge in [0.05, 0.1) is 6.42 Å². The Labute approximate surface area is 107 Å². The summed E-state index contributed by atoms with van der Waals surface area (Å²) in [5.41, 5.74) is 0.878. The zero-order valence-corrected chi connectivity index (χ0v) is 10.7. The summed E-state index contributed by atoms with van der Waals surface area (Å²) in [7, 11) is 0. The van der Waals surface area contributed by atoms with Gasteiger partial charge in [0.1, 0.15) is 6.04 Å². The van der Waals surface area contributed by atoms with Crippen molar-refractivity contribution in [3.8, 4) is 0 Å². The highest BCUT2D eigenvalue weighted by atomic mass is 16.4. The fourth-order valence-corrected chi connectivity index (χ4v) is 1.69. The van der Waals surface area contributed by atoms with Gasteiger partial charge < -0.3 is 10.4 Å². The van der Waals surface area contributed by atoms with Crippen molar-refractivity contribution in [2.45, 2.75) is 32.7 Å². The number of aliphatic carboxylic acids is 1. The van der Waals surface area contributed by atoms with Crippen LogP contribution in [0, 0.1) is 5.92 Å². The van der Waals surface area contributed by atoms with E-state index in [0.717, 1.165) is 5.56 Å². The summed E-state index contributed by atoms with van der Waals surface area (Å²) in [6.45, 7) is 3.73. The first-order chi connectivity index (χ1) is 8.54. The summed E-state index contributed by atoms with van der Waals surface area (Å²) < 4.78 is 0. The third-order valence-corrected chi connectivity index (χ3v) is 3.00. The van der Waals surface area contributed by atoms with Gasteiger partial charge in [0.25, 0.3) is 0 Å². The van der Waals surface area contributed by atoms with Gasteiger partial charge in [-0.3, -0.25) is 4.79 Å². The minimum Gasteiger partial charge on any atom is -0.480 e. The van der Waals surface area contributed by atoms with E-state index in [9.17, 15) is 9.59 Å². The minimum atomic E-state index is -0.981. The highest BCUT2D eigenvalue weighted by molar-refractivity contribution is 5.85. The molecule has 0 aliphatic heterocycles. The van der Waals surface area contributed by atoms with Gasteiger partial charge in [0.2, 0.25) is 5.91 Å². The number of carbonyl (C=O) groups excluding carboxylic acids is 1. The molecule has 0 bridgehead atoms. The highest BCUT2D eigenvalue weighted by Crippen LogP contribution is 2.08. The van der Waals surface area contributed by atoms with Crippen molar-refractivity contribution in [2.24, 2.45) is 5.92 Å². The topological polar surface area (TPSA) is 66.4 Å². The molecule has 1 amide bonds. The molecular weight excluding hydrogens is 230 g/mol. The first-order valence-corrected chi connectivity index (χ1v) is 6.10. The molecule has 2 N–H and O–H groups in total. The van der Waals surface area contributed by atoms with Gasteiger partial charge in [-0.25, -0.2) is 4.79 Å². The molecule has 0 unspecified atom stereocenters. The summed E-state index contributed by atoms with van der Waals surface area (Å²) in [6, 6.07) is 8.46. The second-order valence-electron chi connectivity index (χ2n) is 4.43. The Bertz CT molecular complexity index is 403. The second-order valence-corrected chi connectivity index (χ2v) is 4.43. The predicted molar refractivity (Wildman–Crippen MR) is 69.2 cm³/mol. The van der Waals surface area contributed by atoms with Gasteiger partial charge >= 0.3 is 5.97 Å². The first-order valence-electron chi connectivity index (χ1n) is 6.10. The third kappa shape index (κ3) is 4.20. The normalized spacial score (nSPS) is 13.7. The monoisotopic (exact) mass is 249 g/mol. The fraction of sp³-hybridized carbons (Fsp3) is 0.429. The lowest BCUT2D eigenvalue weighted by Crippen LogP contribution is -2.45. The van der Waals surface area contributed by atoms with Crippen LogP contribution in [0.3, 0.4) is 0 Å². The van der Waals surface area contributed by atoms with Gasteiger partial charge in [-0.15, -0.1) is 0 Å². The lowest BCUT2D eigenvalue weighted by Gasteiger charge is -2.20. The van der Waals surface area contributed by atoms with E-state index in [1.54, 1.807) is 0 Å². The molecule has 1 aromatic rings. The minimum absolute atomic E-state index is 0.0813. The molecule has 18 heavy (non-hydrogen) atoms. The molecule has 0 saturated heterocycles. The van der Waals surface area contributed by atoms with Crippen molar-refractivity contribution in [2.75, 3.05) is 0 Å². The Morgan fingerprint density at radius 2 is 1.89 bits per heavy atom. The van der Waals surface area contributed by atoms with E-state index in [1.807, 2.05) is 44.2 Å². The number of nitrogens with one attached hydrogen (secondary N) is 1. The summed E-state index contributed by atoms with van der Waals surface area (Å²) in [6.07, 6.45) is 0.920. The van der Waals surface area contributed by atoms with Crippen molar-refractivity contribution >= 4 is 11.9 Å². The number of rotatable bonds is 6. The van der Waals surface area contributed by atoms with Crippen LogP contribution in [0.1, 0.15) is 25.8 Å². The molecule has 0 aliphatic rings. The molecule has 4 heteroatoms. The number of carbonyl (C=O) groups is 2. The third-order valence-electron chi connectivity index (χ3n) is 3.00. The SMILES string of the molecule is CC[C@H](C)[C@H](NC(=O)Cc1ccccc1)C(=O)O. The molecule has 2 atom stereocenters. The fourth-order valence-electron chi connectivity index (χ4n) is 1.69. The molecule has 0 aliphatic carbocycles. The Balaban J connectivity index is 2.60. The molecule has 4 nitrogen and oxygen atoms in total. The van der Waals surface area contributed by atoms with E-state index in [2.05, 4.69) is 5.32 Å². The van der Waals surface area contributed by atoms with Crippen LogP contribution in [0.15, 0.2) is 30.3 Å². The molecule has 0 aromatic heterocycles. The summed E-state index contributed by atoms with van der Waals surface area (Å²) in [5.74, 6) is -1.32. The summed E-state index contributed by atoms with van der Waals surface area (Å²) >= 11 is 0.